The van der Waals surface area contributed by atoms with Gasteiger partial charge in [0, 0.05) is 5.69 Å². The van der Waals surface area contributed by atoms with Gasteiger partial charge in [0.05, 0.1) is 5.69 Å². The zero-order valence-corrected chi connectivity index (χ0v) is 14.4. The van der Waals surface area contributed by atoms with Gasteiger partial charge in [0.1, 0.15) is 11.5 Å². The van der Waals surface area contributed by atoms with Gasteiger partial charge in [-0.25, -0.2) is 0 Å². The zero-order chi connectivity index (χ0) is 18.0. The SMILES string of the molecule is Cc1cccc(O[C@@H](C)C(=O)Nc2ccc3c(c2)NC(=O)CO3)c1C. The summed E-state index contributed by atoms with van der Waals surface area (Å²) in [6.07, 6.45) is -0.664. The highest BCUT2D eigenvalue weighted by Gasteiger charge is 2.19. The van der Waals surface area contributed by atoms with Crippen molar-refractivity contribution < 1.29 is 19.1 Å². The quantitative estimate of drug-likeness (QED) is 0.897. The van der Waals surface area contributed by atoms with Crippen LogP contribution in [0.25, 0.3) is 0 Å². The van der Waals surface area contributed by atoms with E-state index in [0.717, 1.165) is 11.1 Å². The van der Waals surface area contributed by atoms with E-state index in [0.29, 0.717) is 22.9 Å². The molecule has 0 unspecified atom stereocenters. The van der Waals surface area contributed by atoms with Gasteiger partial charge in [-0.05, 0) is 56.2 Å². The molecule has 6 heteroatoms. The molecular weight excluding hydrogens is 320 g/mol. The molecule has 2 N–H and O–H groups in total. The first-order valence-electron chi connectivity index (χ1n) is 8.04. The highest BCUT2D eigenvalue weighted by Crippen LogP contribution is 2.30. The molecule has 2 amide bonds. The molecule has 0 saturated heterocycles. The molecule has 0 aliphatic carbocycles. The summed E-state index contributed by atoms with van der Waals surface area (Å²) in [5.41, 5.74) is 3.22. The van der Waals surface area contributed by atoms with Crippen LogP contribution < -0.4 is 20.1 Å². The summed E-state index contributed by atoms with van der Waals surface area (Å²) in [7, 11) is 0. The number of ether oxygens (including phenoxy) is 2. The molecule has 1 aliphatic heterocycles. The summed E-state index contributed by atoms with van der Waals surface area (Å²) >= 11 is 0. The first-order chi connectivity index (χ1) is 11.9. The van der Waals surface area contributed by atoms with Gasteiger partial charge in [-0.15, -0.1) is 0 Å². The van der Waals surface area contributed by atoms with Crippen molar-refractivity contribution in [3.8, 4) is 11.5 Å². The van der Waals surface area contributed by atoms with Crippen LogP contribution in [0, 0.1) is 13.8 Å². The number of carbonyl (C=O) groups is 2. The average Bonchev–Trinajstić information content (AvgIpc) is 2.58. The molecule has 1 atom stereocenters. The minimum Gasteiger partial charge on any atom is -0.482 e. The molecule has 0 saturated carbocycles. The summed E-state index contributed by atoms with van der Waals surface area (Å²) in [5.74, 6) is 0.776. The summed E-state index contributed by atoms with van der Waals surface area (Å²) in [6, 6.07) is 10.8. The smallest absolute Gasteiger partial charge is 0.265 e. The average molecular weight is 340 g/mol. The van der Waals surface area contributed by atoms with E-state index in [2.05, 4.69) is 10.6 Å². The molecule has 6 nitrogen and oxygen atoms in total. The topological polar surface area (TPSA) is 76.7 Å². The van der Waals surface area contributed by atoms with E-state index < -0.39 is 6.10 Å². The minimum atomic E-state index is -0.664. The Labute approximate surface area is 146 Å². The second-order valence-electron chi connectivity index (χ2n) is 6.00. The van der Waals surface area contributed by atoms with Crippen LogP contribution in [0.2, 0.25) is 0 Å². The molecule has 25 heavy (non-hydrogen) atoms. The van der Waals surface area contributed by atoms with E-state index in [9.17, 15) is 9.59 Å². The Morgan fingerprint density at radius 3 is 2.88 bits per heavy atom. The van der Waals surface area contributed by atoms with Crippen molar-refractivity contribution in [1.82, 2.24) is 0 Å². The third-order valence-electron chi connectivity index (χ3n) is 4.11. The lowest BCUT2D eigenvalue weighted by Gasteiger charge is -2.20. The molecule has 0 aromatic heterocycles. The lowest BCUT2D eigenvalue weighted by molar-refractivity contribution is -0.122. The lowest BCUT2D eigenvalue weighted by Crippen LogP contribution is -2.30. The molecule has 2 aromatic rings. The highest BCUT2D eigenvalue weighted by atomic mass is 16.5. The van der Waals surface area contributed by atoms with Crippen LogP contribution >= 0.6 is 0 Å². The van der Waals surface area contributed by atoms with Gasteiger partial charge in [0.25, 0.3) is 11.8 Å². The number of carbonyl (C=O) groups excluding carboxylic acids is 2. The van der Waals surface area contributed by atoms with Crippen LogP contribution in [0.15, 0.2) is 36.4 Å². The summed E-state index contributed by atoms with van der Waals surface area (Å²) in [5, 5.41) is 5.50. The van der Waals surface area contributed by atoms with Crippen molar-refractivity contribution in [3.05, 3.63) is 47.5 Å². The molecule has 2 aromatic carbocycles. The van der Waals surface area contributed by atoms with E-state index in [1.165, 1.54) is 0 Å². The Morgan fingerprint density at radius 1 is 1.28 bits per heavy atom. The van der Waals surface area contributed by atoms with Crippen molar-refractivity contribution in [2.45, 2.75) is 26.9 Å². The molecule has 130 valence electrons. The van der Waals surface area contributed by atoms with Gasteiger partial charge < -0.3 is 20.1 Å². The van der Waals surface area contributed by atoms with Gasteiger partial charge in [0.2, 0.25) is 0 Å². The molecule has 1 aliphatic rings. The lowest BCUT2D eigenvalue weighted by atomic mass is 10.1. The fourth-order valence-corrected chi connectivity index (χ4v) is 2.50. The second-order valence-corrected chi connectivity index (χ2v) is 6.00. The zero-order valence-electron chi connectivity index (χ0n) is 14.4. The number of anilines is 2. The van der Waals surface area contributed by atoms with Crippen molar-refractivity contribution >= 4 is 23.2 Å². The van der Waals surface area contributed by atoms with Crippen LogP contribution in [0.3, 0.4) is 0 Å². The van der Waals surface area contributed by atoms with Crippen molar-refractivity contribution in [3.63, 3.8) is 0 Å². The van der Waals surface area contributed by atoms with Gasteiger partial charge >= 0.3 is 0 Å². The number of amides is 2. The van der Waals surface area contributed by atoms with Crippen LogP contribution in [-0.4, -0.2) is 24.5 Å². The first-order valence-corrected chi connectivity index (χ1v) is 8.04. The molecule has 0 spiro atoms. The summed E-state index contributed by atoms with van der Waals surface area (Å²) < 4.78 is 11.1. The molecular formula is C19H20N2O4. The van der Waals surface area contributed by atoms with Crippen LogP contribution in [-0.2, 0) is 9.59 Å². The number of hydrogen-bond donors (Lipinski definition) is 2. The number of benzene rings is 2. The third-order valence-corrected chi connectivity index (χ3v) is 4.11. The Hall–Kier alpha value is -3.02. The van der Waals surface area contributed by atoms with Gasteiger partial charge in [0.15, 0.2) is 12.7 Å². The van der Waals surface area contributed by atoms with E-state index in [1.54, 1.807) is 25.1 Å². The number of hydrogen-bond acceptors (Lipinski definition) is 4. The number of rotatable bonds is 4. The predicted molar refractivity (Wildman–Crippen MR) is 95.2 cm³/mol. The maximum Gasteiger partial charge on any atom is 0.265 e. The van der Waals surface area contributed by atoms with E-state index in [4.69, 9.17) is 9.47 Å². The maximum atomic E-state index is 12.4. The fourth-order valence-electron chi connectivity index (χ4n) is 2.50. The number of fused-ring (bicyclic) bond motifs is 1. The van der Waals surface area contributed by atoms with E-state index in [-0.39, 0.29) is 18.4 Å². The normalized spacial score (nSPS) is 14.0. The second kappa shape index (κ2) is 6.84. The van der Waals surface area contributed by atoms with E-state index in [1.807, 2.05) is 32.0 Å². The number of nitrogens with one attached hydrogen (secondary N) is 2. The molecule has 3 rings (SSSR count). The predicted octanol–water partition coefficient (Wildman–Crippen LogP) is 3.04. The number of aryl methyl sites for hydroxylation is 1. The van der Waals surface area contributed by atoms with Gasteiger partial charge in [-0.2, -0.15) is 0 Å². The van der Waals surface area contributed by atoms with Crippen molar-refractivity contribution in [2.24, 2.45) is 0 Å². The Morgan fingerprint density at radius 2 is 2.08 bits per heavy atom. The van der Waals surface area contributed by atoms with Crippen LogP contribution in [0.1, 0.15) is 18.1 Å². The Balaban J connectivity index is 1.68. The maximum absolute atomic E-state index is 12.4. The van der Waals surface area contributed by atoms with Gasteiger partial charge in [-0.1, -0.05) is 12.1 Å². The Kier molecular flexibility index (Phi) is 4.61. The van der Waals surface area contributed by atoms with Crippen LogP contribution in [0.4, 0.5) is 11.4 Å². The molecule has 0 fully saturated rings. The van der Waals surface area contributed by atoms with E-state index >= 15 is 0 Å². The largest absolute Gasteiger partial charge is 0.482 e. The third kappa shape index (κ3) is 3.74. The summed E-state index contributed by atoms with van der Waals surface area (Å²) in [4.78, 5) is 23.8. The first kappa shape index (κ1) is 16.8. The van der Waals surface area contributed by atoms with Crippen LogP contribution in [0.5, 0.6) is 11.5 Å². The Bertz CT molecular complexity index is 832. The van der Waals surface area contributed by atoms with Crippen molar-refractivity contribution in [1.29, 1.82) is 0 Å². The molecule has 0 radical (unpaired) electrons. The standard InChI is InChI=1S/C19H20N2O4/c1-11-5-4-6-16(12(11)2)25-13(3)19(23)20-14-7-8-17-15(9-14)21-18(22)10-24-17/h4-9,13H,10H2,1-3H3,(H,20,23)(H,21,22)/t13-/m0/s1. The van der Waals surface area contributed by atoms with Crippen molar-refractivity contribution in [2.75, 3.05) is 17.2 Å². The molecule has 0 bridgehead atoms. The molecule has 1 heterocycles. The summed E-state index contributed by atoms with van der Waals surface area (Å²) in [6.45, 7) is 5.65. The van der Waals surface area contributed by atoms with Gasteiger partial charge in [-0.3, -0.25) is 9.59 Å². The monoisotopic (exact) mass is 340 g/mol. The fraction of sp³-hybridized carbons (Fsp3) is 0.263. The minimum absolute atomic E-state index is 0.000572. The highest BCUT2D eigenvalue weighted by molar-refractivity contribution is 5.98.